The van der Waals surface area contributed by atoms with Crippen LogP contribution in [0.4, 0.5) is 0 Å². The van der Waals surface area contributed by atoms with Gasteiger partial charge in [0.15, 0.2) is 0 Å². The Morgan fingerprint density at radius 2 is 1.89 bits per heavy atom. The molecule has 1 fully saturated rings. The van der Waals surface area contributed by atoms with E-state index in [4.69, 9.17) is 4.74 Å². The van der Waals surface area contributed by atoms with Crippen LogP contribution in [0.1, 0.15) is 44.6 Å². The smallest absolute Gasteiger partial charge is 0.119 e. The van der Waals surface area contributed by atoms with Crippen molar-refractivity contribution in [1.29, 1.82) is 0 Å². The highest BCUT2D eigenvalue weighted by Crippen LogP contribution is 2.18. The molecule has 0 aromatic heterocycles. The zero-order valence-electron chi connectivity index (χ0n) is 11.5. The Morgan fingerprint density at radius 3 is 2.56 bits per heavy atom. The number of benzene rings is 1. The van der Waals surface area contributed by atoms with E-state index in [1.807, 2.05) is 6.92 Å². The third-order valence-corrected chi connectivity index (χ3v) is 3.39. The standard InChI is InChI=1S/C16H25NO/c1-2-18-16-11-7-14(8-12-16)6-4-3-5-13-17-15-9-10-15/h7-8,11-12,15,17H,2-6,9-10,13H2,1H3. The van der Waals surface area contributed by atoms with Crippen molar-refractivity contribution in [3.8, 4) is 5.75 Å². The maximum Gasteiger partial charge on any atom is 0.119 e. The van der Waals surface area contributed by atoms with Crippen molar-refractivity contribution in [1.82, 2.24) is 5.32 Å². The summed E-state index contributed by atoms with van der Waals surface area (Å²) in [6, 6.07) is 9.39. The Morgan fingerprint density at radius 1 is 1.11 bits per heavy atom. The molecule has 2 nitrogen and oxygen atoms in total. The van der Waals surface area contributed by atoms with E-state index < -0.39 is 0 Å². The van der Waals surface area contributed by atoms with Crippen LogP contribution < -0.4 is 10.1 Å². The van der Waals surface area contributed by atoms with Gasteiger partial charge in [-0.2, -0.15) is 0 Å². The molecule has 0 heterocycles. The Kier molecular flexibility index (Phi) is 5.53. The SMILES string of the molecule is CCOc1ccc(CCCCCNC2CC2)cc1. The number of rotatable bonds is 9. The van der Waals surface area contributed by atoms with E-state index in [0.29, 0.717) is 0 Å². The Balaban J connectivity index is 1.54. The summed E-state index contributed by atoms with van der Waals surface area (Å²) in [5.74, 6) is 0.981. The molecule has 0 saturated heterocycles. The van der Waals surface area contributed by atoms with Crippen LogP contribution in [0.3, 0.4) is 0 Å². The van der Waals surface area contributed by atoms with Crippen LogP contribution in [0, 0.1) is 0 Å². The summed E-state index contributed by atoms with van der Waals surface area (Å²) in [6.07, 6.45) is 7.91. The summed E-state index contributed by atoms with van der Waals surface area (Å²) in [6.45, 7) is 3.96. The quantitative estimate of drug-likeness (QED) is 0.674. The minimum Gasteiger partial charge on any atom is -0.494 e. The lowest BCUT2D eigenvalue weighted by Crippen LogP contribution is -2.17. The molecule has 1 aliphatic rings. The molecular formula is C16H25NO. The highest BCUT2D eigenvalue weighted by Gasteiger charge is 2.19. The summed E-state index contributed by atoms with van der Waals surface area (Å²) in [7, 11) is 0. The molecule has 0 radical (unpaired) electrons. The van der Waals surface area contributed by atoms with Crippen molar-refractivity contribution < 1.29 is 4.74 Å². The van der Waals surface area contributed by atoms with E-state index in [2.05, 4.69) is 29.6 Å². The van der Waals surface area contributed by atoms with E-state index in [1.54, 1.807) is 0 Å². The third-order valence-electron chi connectivity index (χ3n) is 3.39. The van der Waals surface area contributed by atoms with Gasteiger partial charge in [0.2, 0.25) is 0 Å². The molecule has 18 heavy (non-hydrogen) atoms. The number of unbranched alkanes of at least 4 members (excludes halogenated alkanes) is 2. The number of aryl methyl sites for hydroxylation is 1. The van der Waals surface area contributed by atoms with Crippen LogP contribution >= 0.6 is 0 Å². The Hall–Kier alpha value is -1.02. The molecule has 0 bridgehead atoms. The van der Waals surface area contributed by atoms with E-state index >= 15 is 0 Å². The topological polar surface area (TPSA) is 21.3 Å². The predicted octanol–water partition coefficient (Wildman–Crippen LogP) is 3.55. The second kappa shape index (κ2) is 7.42. The van der Waals surface area contributed by atoms with Crippen LogP contribution in [0.5, 0.6) is 5.75 Å². The second-order valence-electron chi connectivity index (χ2n) is 5.12. The molecule has 1 saturated carbocycles. The van der Waals surface area contributed by atoms with Crippen LogP contribution in [0.15, 0.2) is 24.3 Å². The van der Waals surface area contributed by atoms with Gasteiger partial charge in [-0.25, -0.2) is 0 Å². The van der Waals surface area contributed by atoms with Crippen LogP contribution in [0.25, 0.3) is 0 Å². The van der Waals surface area contributed by atoms with Crippen molar-refractivity contribution in [2.75, 3.05) is 13.2 Å². The fourth-order valence-electron chi connectivity index (χ4n) is 2.14. The Bertz CT molecular complexity index is 329. The zero-order chi connectivity index (χ0) is 12.6. The van der Waals surface area contributed by atoms with Gasteiger partial charge in [0.05, 0.1) is 6.61 Å². The largest absolute Gasteiger partial charge is 0.494 e. The van der Waals surface area contributed by atoms with Gasteiger partial charge in [0.1, 0.15) is 5.75 Å². The number of hydrogen-bond donors (Lipinski definition) is 1. The van der Waals surface area contributed by atoms with Gasteiger partial charge in [0, 0.05) is 6.04 Å². The molecule has 0 unspecified atom stereocenters. The number of ether oxygens (including phenoxy) is 1. The van der Waals surface area contributed by atoms with Crippen LogP contribution in [0.2, 0.25) is 0 Å². The molecule has 0 atom stereocenters. The van der Waals surface area contributed by atoms with Crippen molar-refractivity contribution in [3.05, 3.63) is 29.8 Å². The monoisotopic (exact) mass is 247 g/mol. The minimum atomic E-state index is 0.743. The summed E-state index contributed by atoms with van der Waals surface area (Å²) >= 11 is 0. The van der Waals surface area contributed by atoms with E-state index in [9.17, 15) is 0 Å². The molecule has 2 rings (SSSR count). The molecule has 0 aliphatic heterocycles. The normalized spacial score (nSPS) is 14.7. The fraction of sp³-hybridized carbons (Fsp3) is 0.625. The zero-order valence-corrected chi connectivity index (χ0v) is 11.5. The molecule has 100 valence electrons. The average molecular weight is 247 g/mol. The van der Waals surface area contributed by atoms with Gasteiger partial charge in [-0.3, -0.25) is 0 Å². The molecule has 0 spiro atoms. The number of hydrogen-bond acceptors (Lipinski definition) is 2. The fourth-order valence-corrected chi connectivity index (χ4v) is 2.14. The molecular weight excluding hydrogens is 222 g/mol. The third kappa shape index (κ3) is 5.09. The van der Waals surface area contributed by atoms with Crippen LogP contribution in [-0.2, 0) is 6.42 Å². The first-order valence-electron chi connectivity index (χ1n) is 7.33. The molecule has 1 aliphatic carbocycles. The molecule has 1 aromatic rings. The van der Waals surface area contributed by atoms with Gasteiger partial charge in [-0.15, -0.1) is 0 Å². The van der Waals surface area contributed by atoms with Gasteiger partial charge in [-0.1, -0.05) is 18.6 Å². The molecule has 1 N–H and O–H groups in total. The summed E-state index contributed by atoms with van der Waals surface area (Å²) in [5, 5.41) is 3.56. The highest BCUT2D eigenvalue weighted by molar-refractivity contribution is 5.27. The maximum atomic E-state index is 5.44. The van der Waals surface area contributed by atoms with Gasteiger partial charge in [-0.05, 0) is 63.3 Å². The summed E-state index contributed by atoms with van der Waals surface area (Å²) in [4.78, 5) is 0. The minimum absolute atomic E-state index is 0.743. The first-order valence-corrected chi connectivity index (χ1v) is 7.33. The lowest BCUT2D eigenvalue weighted by Gasteiger charge is -2.05. The molecule has 2 heteroatoms. The second-order valence-corrected chi connectivity index (χ2v) is 5.12. The van der Waals surface area contributed by atoms with Crippen LogP contribution in [-0.4, -0.2) is 19.2 Å². The van der Waals surface area contributed by atoms with E-state index in [-0.39, 0.29) is 0 Å². The predicted molar refractivity (Wildman–Crippen MR) is 76.2 cm³/mol. The highest BCUT2D eigenvalue weighted by atomic mass is 16.5. The molecule has 1 aromatic carbocycles. The van der Waals surface area contributed by atoms with Gasteiger partial charge in [0.25, 0.3) is 0 Å². The van der Waals surface area contributed by atoms with Gasteiger partial charge >= 0.3 is 0 Å². The van der Waals surface area contributed by atoms with Crippen molar-refractivity contribution in [2.45, 2.75) is 51.5 Å². The first-order chi connectivity index (χ1) is 8.88. The Labute approximate surface area is 111 Å². The van der Waals surface area contributed by atoms with E-state index in [1.165, 1.54) is 50.6 Å². The summed E-state index contributed by atoms with van der Waals surface area (Å²) < 4.78 is 5.44. The van der Waals surface area contributed by atoms with E-state index in [0.717, 1.165) is 18.4 Å². The lowest BCUT2D eigenvalue weighted by atomic mass is 10.1. The van der Waals surface area contributed by atoms with Crippen molar-refractivity contribution in [2.24, 2.45) is 0 Å². The molecule has 0 amide bonds. The lowest BCUT2D eigenvalue weighted by molar-refractivity contribution is 0.340. The van der Waals surface area contributed by atoms with Crippen molar-refractivity contribution in [3.63, 3.8) is 0 Å². The average Bonchev–Trinajstić information content (AvgIpc) is 3.20. The first kappa shape index (κ1) is 13.4. The van der Waals surface area contributed by atoms with Crippen molar-refractivity contribution >= 4 is 0 Å². The maximum absolute atomic E-state index is 5.44. The number of nitrogens with one attached hydrogen (secondary N) is 1. The summed E-state index contributed by atoms with van der Waals surface area (Å²) in [5.41, 5.74) is 1.42. The van der Waals surface area contributed by atoms with Gasteiger partial charge < -0.3 is 10.1 Å².